The first kappa shape index (κ1) is 19.0. The first-order valence-corrected chi connectivity index (χ1v) is 9.71. The second kappa shape index (κ2) is 7.70. The summed E-state index contributed by atoms with van der Waals surface area (Å²) in [6.07, 6.45) is 0. The predicted octanol–water partition coefficient (Wildman–Crippen LogP) is 4.21. The van der Waals surface area contributed by atoms with E-state index in [0.717, 1.165) is 5.56 Å². The molecule has 0 radical (unpaired) electrons. The number of rotatable bonds is 6. The molecule has 0 aliphatic heterocycles. The van der Waals surface area contributed by atoms with Crippen molar-refractivity contribution in [1.82, 2.24) is 0 Å². The predicted molar refractivity (Wildman–Crippen MR) is 101 cm³/mol. The third-order valence-electron chi connectivity index (χ3n) is 3.79. The van der Waals surface area contributed by atoms with Crippen LogP contribution >= 0.6 is 0 Å². The van der Waals surface area contributed by atoms with E-state index < -0.39 is 10.0 Å². The van der Waals surface area contributed by atoms with Crippen LogP contribution in [0.15, 0.2) is 53.4 Å². The molecule has 6 heteroatoms. The number of benzene rings is 2. The van der Waals surface area contributed by atoms with Crippen LogP contribution in [0, 0.1) is 5.92 Å². The monoisotopic (exact) mass is 360 g/mol. The molecule has 0 saturated heterocycles. The molecule has 0 atom stereocenters. The molecule has 0 bridgehead atoms. The van der Waals surface area contributed by atoms with Crippen LogP contribution in [0.25, 0.3) is 0 Å². The fraction of sp³-hybridized carbons (Fsp3) is 0.316. The van der Waals surface area contributed by atoms with Gasteiger partial charge in [0, 0.05) is 17.3 Å². The summed E-state index contributed by atoms with van der Waals surface area (Å²) in [6, 6.07) is 13.4. The SMILES string of the molecule is CC(C)C(=O)Nc1ccc(NS(=O)(=O)c2ccc(C(C)C)cc2)cc1. The van der Waals surface area contributed by atoms with E-state index in [4.69, 9.17) is 0 Å². The number of sulfonamides is 1. The number of amides is 1. The molecule has 2 N–H and O–H groups in total. The third-order valence-corrected chi connectivity index (χ3v) is 5.18. The fourth-order valence-corrected chi connectivity index (χ4v) is 3.21. The van der Waals surface area contributed by atoms with Gasteiger partial charge in [-0.15, -0.1) is 0 Å². The van der Waals surface area contributed by atoms with Crippen LogP contribution in [0.3, 0.4) is 0 Å². The molecule has 0 saturated carbocycles. The van der Waals surface area contributed by atoms with Crippen molar-refractivity contribution < 1.29 is 13.2 Å². The molecule has 0 unspecified atom stereocenters. The number of carbonyl (C=O) groups is 1. The van der Waals surface area contributed by atoms with Crippen LogP contribution in [0.4, 0.5) is 11.4 Å². The summed E-state index contributed by atoms with van der Waals surface area (Å²) in [5, 5.41) is 2.76. The Balaban J connectivity index is 2.11. The van der Waals surface area contributed by atoms with Gasteiger partial charge in [0.15, 0.2) is 0 Å². The first-order chi connectivity index (χ1) is 11.7. The summed E-state index contributed by atoms with van der Waals surface area (Å²) in [6.45, 7) is 7.73. The smallest absolute Gasteiger partial charge is 0.261 e. The Labute approximate surface area is 149 Å². The lowest BCUT2D eigenvalue weighted by Gasteiger charge is -2.11. The molecule has 0 aliphatic carbocycles. The third kappa shape index (κ3) is 5.06. The Morgan fingerprint density at radius 1 is 0.840 bits per heavy atom. The van der Waals surface area contributed by atoms with Crippen molar-refractivity contribution in [2.24, 2.45) is 5.92 Å². The minimum absolute atomic E-state index is 0.0847. The van der Waals surface area contributed by atoms with Crippen LogP contribution in [-0.4, -0.2) is 14.3 Å². The Bertz CT molecular complexity index is 824. The standard InChI is InChI=1S/C19H24N2O3S/c1-13(2)15-5-11-18(12-6-15)25(23,24)21-17-9-7-16(8-10-17)20-19(22)14(3)4/h5-14,21H,1-4H3,(H,20,22). The highest BCUT2D eigenvalue weighted by Crippen LogP contribution is 2.21. The maximum atomic E-state index is 12.5. The molecule has 134 valence electrons. The van der Waals surface area contributed by atoms with Gasteiger partial charge in [-0.3, -0.25) is 9.52 Å². The van der Waals surface area contributed by atoms with Gasteiger partial charge in [-0.25, -0.2) is 8.42 Å². The Hall–Kier alpha value is -2.34. The van der Waals surface area contributed by atoms with E-state index in [-0.39, 0.29) is 16.7 Å². The van der Waals surface area contributed by atoms with E-state index in [1.54, 1.807) is 36.4 Å². The van der Waals surface area contributed by atoms with Crippen molar-refractivity contribution in [2.45, 2.75) is 38.5 Å². The second-order valence-corrected chi connectivity index (χ2v) is 8.23. The van der Waals surface area contributed by atoms with E-state index in [1.165, 1.54) is 0 Å². The lowest BCUT2D eigenvalue weighted by molar-refractivity contribution is -0.118. The molecule has 0 aliphatic rings. The zero-order valence-electron chi connectivity index (χ0n) is 14.9. The van der Waals surface area contributed by atoms with Crippen LogP contribution in [0.5, 0.6) is 0 Å². The number of anilines is 2. The van der Waals surface area contributed by atoms with Gasteiger partial charge >= 0.3 is 0 Å². The molecule has 5 nitrogen and oxygen atoms in total. The van der Waals surface area contributed by atoms with E-state index >= 15 is 0 Å². The van der Waals surface area contributed by atoms with Gasteiger partial charge in [-0.05, 0) is 47.9 Å². The molecule has 2 aromatic rings. The second-order valence-electron chi connectivity index (χ2n) is 6.55. The largest absolute Gasteiger partial charge is 0.326 e. The molecule has 0 spiro atoms. The van der Waals surface area contributed by atoms with E-state index in [0.29, 0.717) is 17.3 Å². The molecular formula is C19H24N2O3S. The molecule has 2 rings (SSSR count). The van der Waals surface area contributed by atoms with Crippen molar-refractivity contribution in [2.75, 3.05) is 10.0 Å². The van der Waals surface area contributed by atoms with Gasteiger partial charge in [0.25, 0.3) is 10.0 Å². The molecule has 0 aromatic heterocycles. The molecule has 2 aromatic carbocycles. The number of hydrogen-bond acceptors (Lipinski definition) is 3. The normalized spacial score (nSPS) is 11.6. The summed E-state index contributed by atoms with van der Waals surface area (Å²) >= 11 is 0. The quantitative estimate of drug-likeness (QED) is 0.810. The summed E-state index contributed by atoms with van der Waals surface area (Å²) < 4.78 is 27.5. The number of carbonyl (C=O) groups excluding carboxylic acids is 1. The van der Waals surface area contributed by atoms with E-state index in [9.17, 15) is 13.2 Å². The summed E-state index contributed by atoms with van der Waals surface area (Å²) in [5.74, 6) is 0.142. The van der Waals surface area contributed by atoms with E-state index in [1.807, 2.05) is 26.0 Å². The van der Waals surface area contributed by atoms with Crippen LogP contribution < -0.4 is 10.0 Å². The van der Waals surface area contributed by atoms with Crippen LogP contribution in [-0.2, 0) is 14.8 Å². The number of hydrogen-bond donors (Lipinski definition) is 2. The molecule has 1 amide bonds. The summed E-state index contributed by atoms with van der Waals surface area (Å²) in [5.41, 5.74) is 2.16. The molecule has 25 heavy (non-hydrogen) atoms. The van der Waals surface area contributed by atoms with Crippen LogP contribution in [0.2, 0.25) is 0 Å². The van der Waals surface area contributed by atoms with Gasteiger partial charge < -0.3 is 5.32 Å². The average Bonchev–Trinajstić information content (AvgIpc) is 2.56. The van der Waals surface area contributed by atoms with Crippen molar-refractivity contribution in [3.63, 3.8) is 0 Å². The zero-order chi connectivity index (χ0) is 18.6. The fourth-order valence-electron chi connectivity index (χ4n) is 2.15. The maximum absolute atomic E-state index is 12.5. The maximum Gasteiger partial charge on any atom is 0.261 e. The van der Waals surface area contributed by atoms with Crippen molar-refractivity contribution in [3.05, 3.63) is 54.1 Å². The van der Waals surface area contributed by atoms with E-state index in [2.05, 4.69) is 23.9 Å². The van der Waals surface area contributed by atoms with Crippen molar-refractivity contribution >= 4 is 27.3 Å². The molecular weight excluding hydrogens is 336 g/mol. The van der Waals surface area contributed by atoms with Crippen molar-refractivity contribution in [3.8, 4) is 0 Å². The first-order valence-electron chi connectivity index (χ1n) is 8.23. The number of nitrogens with one attached hydrogen (secondary N) is 2. The molecule has 0 heterocycles. The van der Waals surface area contributed by atoms with Gasteiger partial charge in [0.1, 0.15) is 0 Å². The lowest BCUT2D eigenvalue weighted by atomic mass is 10.0. The summed E-state index contributed by atoms with van der Waals surface area (Å²) in [4.78, 5) is 11.9. The van der Waals surface area contributed by atoms with Gasteiger partial charge in [-0.1, -0.05) is 39.8 Å². The lowest BCUT2D eigenvalue weighted by Crippen LogP contribution is -2.17. The highest BCUT2D eigenvalue weighted by molar-refractivity contribution is 7.92. The van der Waals surface area contributed by atoms with Gasteiger partial charge in [-0.2, -0.15) is 0 Å². The topological polar surface area (TPSA) is 75.3 Å². The Kier molecular flexibility index (Phi) is 5.85. The Morgan fingerprint density at radius 3 is 1.84 bits per heavy atom. The zero-order valence-corrected chi connectivity index (χ0v) is 15.7. The highest BCUT2D eigenvalue weighted by atomic mass is 32.2. The van der Waals surface area contributed by atoms with Gasteiger partial charge in [0.05, 0.1) is 4.90 Å². The van der Waals surface area contributed by atoms with Gasteiger partial charge in [0.2, 0.25) is 5.91 Å². The average molecular weight is 360 g/mol. The summed E-state index contributed by atoms with van der Waals surface area (Å²) in [7, 11) is -3.64. The minimum Gasteiger partial charge on any atom is -0.326 e. The van der Waals surface area contributed by atoms with Crippen LogP contribution in [0.1, 0.15) is 39.2 Å². The van der Waals surface area contributed by atoms with Crippen molar-refractivity contribution in [1.29, 1.82) is 0 Å². The molecule has 0 fully saturated rings. The highest BCUT2D eigenvalue weighted by Gasteiger charge is 2.14. The minimum atomic E-state index is -3.64. The Morgan fingerprint density at radius 2 is 1.36 bits per heavy atom.